The average molecular weight is 381 g/mol. The SMILES string of the molecule is CCCC1=C(C(=O)OC(C)C)C(c2ccccc2Br)NC(=O)N1. The van der Waals surface area contributed by atoms with Crippen molar-refractivity contribution in [2.45, 2.75) is 45.8 Å². The highest BCUT2D eigenvalue weighted by Crippen LogP contribution is 2.33. The molecule has 0 saturated heterocycles. The molecule has 1 aliphatic rings. The van der Waals surface area contributed by atoms with E-state index in [-0.39, 0.29) is 12.1 Å². The van der Waals surface area contributed by atoms with Gasteiger partial charge in [-0.1, -0.05) is 47.5 Å². The van der Waals surface area contributed by atoms with Crippen LogP contribution < -0.4 is 10.6 Å². The van der Waals surface area contributed by atoms with Crippen LogP contribution in [-0.2, 0) is 9.53 Å². The van der Waals surface area contributed by atoms with Gasteiger partial charge in [-0.3, -0.25) is 0 Å². The predicted octanol–water partition coefficient (Wildman–Crippen LogP) is 3.81. The number of benzene rings is 1. The zero-order valence-corrected chi connectivity index (χ0v) is 15.1. The van der Waals surface area contributed by atoms with Crippen LogP contribution in [-0.4, -0.2) is 18.1 Å². The Morgan fingerprint density at radius 3 is 2.65 bits per heavy atom. The molecule has 0 aromatic heterocycles. The lowest BCUT2D eigenvalue weighted by molar-refractivity contribution is -0.143. The average Bonchev–Trinajstić information content (AvgIpc) is 2.46. The van der Waals surface area contributed by atoms with Gasteiger partial charge in [0.1, 0.15) is 0 Å². The minimum Gasteiger partial charge on any atom is -0.459 e. The second kappa shape index (κ2) is 7.64. The lowest BCUT2D eigenvalue weighted by Gasteiger charge is -2.30. The summed E-state index contributed by atoms with van der Waals surface area (Å²) in [6.45, 7) is 5.61. The van der Waals surface area contributed by atoms with Crippen LogP contribution in [0.25, 0.3) is 0 Å². The van der Waals surface area contributed by atoms with Gasteiger partial charge >= 0.3 is 12.0 Å². The zero-order chi connectivity index (χ0) is 17.0. The monoisotopic (exact) mass is 380 g/mol. The maximum Gasteiger partial charge on any atom is 0.338 e. The van der Waals surface area contributed by atoms with Crippen molar-refractivity contribution in [3.05, 3.63) is 45.6 Å². The van der Waals surface area contributed by atoms with Crippen LogP contribution in [0.5, 0.6) is 0 Å². The molecule has 124 valence electrons. The summed E-state index contributed by atoms with van der Waals surface area (Å²) in [4.78, 5) is 24.6. The van der Waals surface area contributed by atoms with Gasteiger partial charge in [0.15, 0.2) is 0 Å². The van der Waals surface area contributed by atoms with E-state index in [2.05, 4.69) is 26.6 Å². The van der Waals surface area contributed by atoms with Gasteiger partial charge in [-0.25, -0.2) is 9.59 Å². The highest BCUT2D eigenvalue weighted by Gasteiger charge is 2.34. The first-order valence-electron chi connectivity index (χ1n) is 7.70. The third-order valence-corrected chi connectivity index (χ3v) is 4.15. The van der Waals surface area contributed by atoms with Crippen LogP contribution in [0.15, 0.2) is 40.0 Å². The minimum atomic E-state index is -0.535. The third kappa shape index (κ3) is 4.13. The highest BCUT2D eigenvalue weighted by atomic mass is 79.9. The first kappa shape index (κ1) is 17.5. The summed E-state index contributed by atoms with van der Waals surface area (Å²) in [7, 11) is 0. The summed E-state index contributed by atoms with van der Waals surface area (Å²) in [5.41, 5.74) is 1.92. The van der Waals surface area contributed by atoms with E-state index in [1.165, 1.54) is 0 Å². The fraction of sp³-hybridized carbons (Fsp3) is 0.412. The van der Waals surface area contributed by atoms with E-state index in [1.54, 1.807) is 13.8 Å². The number of ether oxygens (including phenoxy) is 1. The number of esters is 1. The van der Waals surface area contributed by atoms with Gasteiger partial charge in [-0.15, -0.1) is 0 Å². The first-order valence-corrected chi connectivity index (χ1v) is 8.49. The highest BCUT2D eigenvalue weighted by molar-refractivity contribution is 9.10. The Kier molecular flexibility index (Phi) is 5.82. The molecule has 1 atom stereocenters. The van der Waals surface area contributed by atoms with Crippen molar-refractivity contribution in [3.63, 3.8) is 0 Å². The molecule has 1 heterocycles. The molecule has 0 spiro atoms. The molecule has 1 aliphatic heterocycles. The van der Waals surface area contributed by atoms with Gasteiger partial charge in [0.2, 0.25) is 0 Å². The molecule has 6 heteroatoms. The van der Waals surface area contributed by atoms with Crippen LogP contribution >= 0.6 is 15.9 Å². The van der Waals surface area contributed by atoms with E-state index in [0.717, 1.165) is 16.5 Å². The number of rotatable bonds is 5. The Bertz CT molecular complexity index is 640. The second-order valence-corrected chi connectivity index (χ2v) is 6.50. The second-order valence-electron chi connectivity index (χ2n) is 5.65. The van der Waals surface area contributed by atoms with Crippen molar-refractivity contribution >= 4 is 27.9 Å². The summed E-state index contributed by atoms with van der Waals surface area (Å²) in [6, 6.07) is 6.68. The summed E-state index contributed by atoms with van der Waals surface area (Å²) < 4.78 is 6.22. The number of carbonyl (C=O) groups is 2. The van der Waals surface area contributed by atoms with Crippen molar-refractivity contribution in [2.75, 3.05) is 0 Å². The van der Waals surface area contributed by atoms with Crippen molar-refractivity contribution in [1.82, 2.24) is 10.6 Å². The summed E-state index contributed by atoms with van der Waals surface area (Å²) in [6.07, 6.45) is 1.20. The Hall–Kier alpha value is -1.82. The third-order valence-electron chi connectivity index (χ3n) is 3.43. The van der Waals surface area contributed by atoms with Crippen LogP contribution in [0.4, 0.5) is 4.79 Å². The smallest absolute Gasteiger partial charge is 0.338 e. The molecule has 2 N–H and O–H groups in total. The fourth-order valence-corrected chi connectivity index (χ4v) is 3.04. The molecular formula is C17H21BrN2O3. The quantitative estimate of drug-likeness (QED) is 0.763. The zero-order valence-electron chi connectivity index (χ0n) is 13.5. The van der Waals surface area contributed by atoms with E-state index >= 15 is 0 Å². The molecule has 0 bridgehead atoms. The van der Waals surface area contributed by atoms with Crippen LogP contribution in [0, 0.1) is 0 Å². The number of allylic oxidation sites excluding steroid dienone is 1. The lowest BCUT2D eigenvalue weighted by atomic mass is 9.94. The van der Waals surface area contributed by atoms with E-state index in [0.29, 0.717) is 17.7 Å². The first-order chi connectivity index (χ1) is 10.9. The molecule has 0 saturated carbocycles. The van der Waals surface area contributed by atoms with Crippen molar-refractivity contribution in [2.24, 2.45) is 0 Å². The summed E-state index contributed by atoms with van der Waals surface area (Å²) >= 11 is 3.49. The van der Waals surface area contributed by atoms with E-state index in [1.807, 2.05) is 31.2 Å². The number of amides is 2. The molecule has 0 fully saturated rings. The predicted molar refractivity (Wildman–Crippen MR) is 91.7 cm³/mol. The van der Waals surface area contributed by atoms with E-state index in [9.17, 15) is 9.59 Å². The number of halogens is 1. The summed E-state index contributed by atoms with van der Waals surface area (Å²) in [5, 5.41) is 5.58. The number of nitrogens with one attached hydrogen (secondary N) is 2. The number of hydrogen-bond acceptors (Lipinski definition) is 3. The lowest BCUT2D eigenvalue weighted by Crippen LogP contribution is -2.46. The molecule has 0 aliphatic carbocycles. The van der Waals surface area contributed by atoms with Crippen LogP contribution in [0.3, 0.4) is 0 Å². The fourth-order valence-electron chi connectivity index (χ4n) is 2.53. The molecule has 1 aromatic rings. The molecule has 0 radical (unpaired) electrons. The minimum absolute atomic E-state index is 0.227. The van der Waals surface area contributed by atoms with Gasteiger partial charge < -0.3 is 15.4 Å². The Morgan fingerprint density at radius 1 is 1.35 bits per heavy atom. The van der Waals surface area contributed by atoms with Crippen LogP contribution in [0.1, 0.15) is 45.2 Å². The van der Waals surface area contributed by atoms with Gasteiger partial charge in [-0.05, 0) is 31.9 Å². The molecule has 23 heavy (non-hydrogen) atoms. The normalized spacial score (nSPS) is 17.8. The van der Waals surface area contributed by atoms with Crippen molar-refractivity contribution < 1.29 is 14.3 Å². The standard InChI is InChI=1S/C17H21BrN2O3/c1-4-7-13-14(16(21)23-10(2)3)15(20-17(22)19-13)11-8-5-6-9-12(11)18/h5-6,8-10,15H,4,7H2,1-3H3,(H2,19,20,22). The van der Waals surface area contributed by atoms with Crippen LogP contribution in [0.2, 0.25) is 0 Å². The molecular weight excluding hydrogens is 360 g/mol. The van der Waals surface area contributed by atoms with Gasteiger partial charge in [0, 0.05) is 10.2 Å². The molecule has 2 amide bonds. The topological polar surface area (TPSA) is 67.4 Å². The van der Waals surface area contributed by atoms with Gasteiger partial charge in [0.05, 0.1) is 17.7 Å². The molecule has 1 aromatic carbocycles. The largest absolute Gasteiger partial charge is 0.459 e. The Labute approximate surface area is 144 Å². The number of carbonyl (C=O) groups excluding carboxylic acids is 2. The molecule has 5 nitrogen and oxygen atoms in total. The number of hydrogen-bond donors (Lipinski definition) is 2. The maximum atomic E-state index is 12.6. The van der Waals surface area contributed by atoms with Gasteiger partial charge in [0.25, 0.3) is 0 Å². The van der Waals surface area contributed by atoms with E-state index < -0.39 is 12.0 Å². The van der Waals surface area contributed by atoms with Crippen molar-refractivity contribution in [1.29, 1.82) is 0 Å². The molecule has 2 rings (SSSR count). The number of urea groups is 1. The molecule has 1 unspecified atom stereocenters. The van der Waals surface area contributed by atoms with Gasteiger partial charge in [-0.2, -0.15) is 0 Å². The Balaban J connectivity index is 2.52. The summed E-state index contributed by atoms with van der Waals surface area (Å²) in [5.74, 6) is -0.406. The Morgan fingerprint density at radius 2 is 2.04 bits per heavy atom. The van der Waals surface area contributed by atoms with Crippen molar-refractivity contribution in [3.8, 4) is 0 Å². The van der Waals surface area contributed by atoms with E-state index in [4.69, 9.17) is 4.74 Å². The maximum absolute atomic E-state index is 12.6.